The van der Waals surface area contributed by atoms with Crippen molar-refractivity contribution < 1.29 is 4.74 Å². The molecule has 70 valence electrons. The zero-order valence-corrected chi connectivity index (χ0v) is 7.67. The van der Waals surface area contributed by atoms with Gasteiger partial charge in [-0.1, -0.05) is 0 Å². The molecule has 1 aliphatic heterocycles. The van der Waals surface area contributed by atoms with E-state index in [4.69, 9.17) is 10.5 Å². The van der Waals surface area contributed by atoms with Crippen LogP contribution in [0.4, 0.5) is 0 Å². The van der Waals surface area contributed by atoms with Gasteiger partial charge in [0.1, 0.15) is 0 Å². The van der Waals surface area contributed by atoms with E-state index in [0.717, 1.165) is 25.0 Å². The fraction of sp³-hybridized carbons (Fsp3) is 1.00. The third kappa shape index (κ3) is 1.80. The molecule has 0 aromatic rings. The summed E-state index contributed by atoms with van der Waals surface area (Å²) in [6.07, 6.45) is 6.53. The Morgan fingerprint density at radius 1 is 1.08 bits per heavy atom. The molecule has 2 atom stereocenters. The van der Waals surface area contributed by atoms with Gasteiger partial charge in [0.25, 0.3) is 0 Å². The molecule has 1 heterocycles. The highest BCUT2D eigenvalue weighted by atomic mass is 16.5. The molecule has 0 aromatic heterocycles. The van der Waals surface area contributed by atoms with Gasteiger partial charge in [0, 0.05) is 19.3 Å². The van der Waals surface area contributed by atoms with Crippen molar-refractivity contribution in [2.75, 3.05) is 13.2 Å². The lowest BCUT2D eigenvalue weighted by Gasteiger charge is -2.37. The van der Waals surface area contributed by atoms with Crippen molar-refractivity contribution in [1.29, 1.82) is 0 Å². The molecular formula is C10H19NO. The van der Waals surface area contributed by atoms with Gasteiger partial charge in [-0.3, -0.25) is 0 Å². The van der Waals surface area contributed by atoms with Crippen LogP contribution in [0.3, 0.4) is 0 Å². The maximum Gasteiger partial charge on any atom is 0.0468 e. The molecule has 2 N–H and O–H groups in total. The summed E-state index contributed by atoms with van der Waals surface area (Å²) in [4.78, 5) is 0. The minimum atomic E-state index is 0.521. The van der Waals surface area contributed by atoms with Crippen molar-refractivity contribution in [1.82, 2.24) is 0 Å². The summed E-state index contributed by atoms with van der Waals surface area (Å²) >= 11 is 0. The van der Waals surface area contributed by atoms with Gasteiger partial charge in [-0.2, -0.15) is 0 Å². The summed E-state index contributed by atoms with van der Waals surface area (Å²) in [5, 5.41) is 0. The van der Waals surface area contributed by atoms with Crippen LogP contribution < -0.4 is 5.73 Å². The first kappa shape index (κ1) is 8.52. The van der Waals surface area contributed by atoms with Crippen LogP contribution in [-0.4, -0.2) is 19.3 Å². The van der Waals surface area contributed by atoms with Gasteiger partial charge >= 0.3 is 0 Å². The van der Waals surface area contributed by atoms with Crippen LogP contribution in [-0.2, 0) is 4.74 Å². The molecule has 2 aliphatic rings. The number of ether oxygens (including phenoxy) is 1. The van der Waals surface area contributed by atoms with E-state index in [2.05, 4.69) is 0 Å². The Balaban J connectivity index is 1.70. The highest BCUT2D eigenvalue weighted by Gasteiger charge is 2.30. The van der Waals surface area contributed by atoms with Gasteiger partial charge in [-0.05, 0) is 43.9 Å². The van der Waals surface area contributed by atoms with Crippen molar-refractivity contribution in [3.8, 4) is 0 Å². The van der Waals surface area contributed by atoms with Crippen LogP contribution in [0, 0.1) is 11.8 Å². The van der Waals surface area contributed by atoms with Crippen molar-refractivity contribution in [3.63, 3.8) is 0 Å². The molecule has 2 nitrogen and oxygen atoms in total. The van der Waals surface area contributed by atoms with Gasteiger partial charge < -0.3 is 10.5 Å². The summed E-state index contributed by atoms with van der Waals surface area (Å²) < 4.78 is 5.33. The smallest absolute Gasteiger partial charge is 0.0468 e. The summed E-state index contributed by atoms with van der Waals surface area (Å²) in [6, 6.07) is 0.521. The van der Waals surface area contributed by atoms with Crippen LogP contribution in [0.15, 0.2) is 0 Å². The van der Waals surface area contributed by atoms with Gasteiger partial charge in [0.05, 0.1) is 0 Å². The van der Waals surface area contributed by atoms with Gasteiger partial charge in [0.15, 0.2) is 0 Å². The normalized spacial score (nSPS) is 37.8. The second kappa shape index (κ2) is 3.75. The fourth-order valence-electron chi connectivity index (χ4n) is 2.30. The average Bonchev–Trinajstić information content (AvgIpc) is 2.14. The first-order valence-corrected chi connectivity index (χ1v) is 5.19. The van der Waals surface area contributed by atoms with Crippen molar-refractivity contribution in [2.45, 2.75) is 38.1 Å². The largest absolute Gasteiger partial charge is 0.381 e. The van der Waals surface area contributed by atoms with E-state index >= 15 is 0 Å². The lowest BCUT2D eigenvalue weighted by atomic mass is 9.73. The van der Waals surface area contributed by atoms with E-state index in [1.807, 2.05) is 0 Å². The Morgan fingerprint density at radius 3 is 2.33 bits per heavy atom. The van der Waals surface area contributed by atoms with E-state index in [9.17, 15) is 0 Å². The van der Waals surface area contributed by atoms with Crippen molar-refractivity contribution in [2.24, 2.45) is 17.6 Å². The quantitative estimate of drug-likeness (QED) is 0.680. The van der Waals surface area contributed by atoms with E-state index in [-0.39, 0.29) is 0 Å². The maximum atomic E-state index is 5.91. The second-order valence-electron chi connectivity index (χ2n) is 4.29. The molecule has 2 fully saturated rings. The standard InChI is InChI=1S/C10H19NO/c11-10-2-1-9(10)7-8-3-5-12-6-4-8/h8-10H,1-7,11H2. The Bertz CT molecular complexity index is 143. The predicted octanol–water partition coefficient (Wildman–Crippen LogP) is 1.54. The van der Waals surface area contributed by atoms with Gasteiger partial charge in [-0.25, -0.2) is 0 Å². The minimum Gasteiger partial charge on any atom is -0.381 e. The van der Waals surface area contributed by atoms with Crippen molar-refractivity contribution >= 4 is 0 Å². The molecule has 2 rings (SSSR count). The topological polar surface area (TPSA) is 35.2 Å². The zero-order chi connectivity index (χ0) is 8.39. The van der Waals surface area contributed by atoms with E-state index in [0.29, 0.717) is 6.04 Å². The molecule has 1 saturated carbocycles. The summed E-state index contributed by atoms with van der Waals surface area (Å²) in [5.74, 6) is 1.75. The predicted molar refractivity (Wildman–Crippen MR) is 48.9 cm³/mol. The number of rotatable bonds is 2. The Hall–Kier alpha value is -0.0800. The van der Waals surface area contributed by atoms with Gasteiger partial charge in [-0.15, -0.1) is 0 Å². The monoisotopic (exact) mass is 169 g/mol. The maximum absolute atomic E-state index is 5.91. The number of hydrogen-bond donors (Lipinski definition) is 1. The third-order valence-corrected chi connectivity index (χ3v) is 3.45. The Morgan fingerprint density at radius 2 is 1.83 bits per heavy atom. The molecule has 2 unspecified atom stereocenters. The summed E-state index contributed by atoms with van der Waals surface area (Å²) in [6.45, 7) is 1.96. The number of hydrogen-bond acceptors (Lipinski definition) is 2. The zero-order valence-electron chi connectivity index (χ0n) is 7.67. The Kier molecular flexibility index (Phi) is 2.66. The highest BCUT2D eigenvalue weighted by molar-refractivity contribution is 4.85. The molecule has 0 amide bonds. The molecule has 0 bridgehead atoms. The van der Waals surface area contributed by atoms with E-state index in [1.165, 1.54) is 32.1 Å². The summed E-state index contributed by atoms with van der Waals surface area (Å²) in [7, 11) is 0. The Labute approximate surface area is 74.5 Å². The van der Waals surface area contributed by atoms with E-state index < -0.39 is 0 Å². The first-order valence-electron chi connectivity index (χ1n) is 5.19. The minimum absolute atomic E-state index is 0.521. The van der Waals surface area contributed by atoms with Crippen LogP contribution >= 0.6 is 0 Å². The fourth-order valence-corrected chi connectivity index (χ4v) is 2.30. The molecule has 0 radical (unpaired) electrons. The molecular weight excluding hydrogens is 150 g/mol. The number of nitrogens with two attached hydrogens (primary N) is 1. The molecule has 0 aromatic carbocycles. The molecule has 0 spiro atoms. The van der Waals surface area contributed by atoms with Crippen LogP contribution in [0.25, 0.3) is 0 Å². The first-order chi connectivity index (χ1) is 5.86. The lowest BCUT2D eigenvalue weighted by Crippen LogP contribution is -2.40. The van der Waals surface area contributed by atoms with Crippen LogP contribution in [0.1, 0.15) is 32.1 Å². The molecule has 1 aliphatic carbocycles. The van der Waals surface area contributed by atoms with Crippen LogP contribution in [0.2, 0.25) is 0 Å². The average molecular weight is 169 g/mol. The SMILES string of the molecule is NC1CCC1CC1CCOCC1. The van der Waals surface area contributed by atoms with Crippen LogP contribution in [0.5, 0.6) is 0 Å². The van der Waals surface area contributed by atoms with Gasteiger partial charge in [0.2, 0.25) is 0 Å². The van der Waals surface area contributed by atoms with Crippen molar-refractivity contribution in [3.05, 3.63) is 0 Å². The molecule has 1 saturated heterocycles. The molecule has 12 heavy (non-hydrogen) atoms. The highest BCUT2D eigenvalue weighted by Crippen LogP contribution is 2.34. The lowest BCUT2D eigenvalue weighted by molar-refractivity contribution is 0.0503. The summed E-state index contributed by atoms with van der Waals surface area (Å²) in [5.41, 5.74) is 5.91. The van der Waals surface area contributed by atoms with E-state index in [1.54, 1.807) is 0 Å². The molecule has 2 heteroatoms. The third-order valence-electron chi connectivity index (χ3n) is 3.45. The second-order valence-corrected chi connectivity index (χ2v) is 4.29.